The standard InChI is InChI=1S/C25H20Cl3N3O5/c1-36-19-7-5-15(27)10-18(19)29-20(32)11-30(23(33)16-6-4-14(26)9-17(16)28)31-24(34)21-12-2-3-13(8-12)22(21)25(31)35/h2-7,9-10,12-13,21-22H,8,11H2,1H3,(H,29,32). The minimum Gasteiger partial charge on any atom is -0.495 e. The summed E-state index contributed by atoms with van der Waals surface area (Å²) in [6.07, 6.45) is 4.62. The van der Waals surface area contributed by atoms with Crippen LogP contribution in [0.4, 0.5) is 5.69 Å². The minimum atomic E-state index is -0.785. The van der Waals surface area contributed by atoms with Crippen molar-refractivity contribution in [2.75, 3.05) is 19.0 Å². The van der Waals surface area contributed by atoms with Gasteiger partial charge in [-0.1, -0.05) is 47.0 Å². The molecule has 4 amide bonds. The monoisotopic (exact) mass is 547 g/mol. The molecule has 1 heterocycles. The Hall–Kier alpha value is -3.07. The molecule has 1 saturated heterocycles. The van der Waals surface area contributed by atoms with Crippen molar-refractivity contribution >= 4 is 64.1 Å². The van der Waals surface area contributed by atoms with Crippen LogP contribution in [-0.4, -0.2) is 47.3 Å². The molecular formula is C25H20Cl3N3O5. The number of methoxy groups -OCH3 is 1. The summed E-state index contributed by atoms with van der Waals surface area (Å²) >= 11 is 18.3. The molecule has 2 aromatic carbocycles. The Balaban J connectivity index is 1.48. The lowest BCUT2D eigenvalue weighted by molar-refractivity contribution is -0.156. The van der Waals surface area contributed by atoms with E-state index < -0.39 is 42.0 Å². The topological polar surface area (TPSA) is 96.0 Å². The van der Waals surface area contributed by atoms with Gasteiger partial charge in [0, 0.05) is 10.0 Å². The van der Waals surface area contributed by atoms with E-state index >= 15 is 0 Å². The zero-order valence-electron chi connectivity index (χ0n) is 18.9. The van der Waals surface area contributed by atoms with Crippen LogP contribution >= 0.6 is 34.8 Å². The summed E-state index contributed by atoms with van der Waals surface area (Å²) in [6.45, 7) is -0.632. The van der Waals surface area contributed by atoms with Gasteiger partial charge in [-0.15, -0.1) is 0 Å². The van der Waals surface area contributed by atoms with Crippen LogP contribution in [-0.2, 0) is 14.4 Å². The number of ether oxygens (including phenoxy) is 1. The maximum Gasteiger partial charge on any atom is 0.274 e. The van der Waals surface area contributed by atoms with Gasteiger partial charge in [0.2, 0.25) is 5.91 Å². The number of allylic oxidation sites excluding steroid dienone is 2. The smallest absolute Gasteiger partial charge is 0.274 e. The molecule has 0 radical (unpaired) electrons. The number of fused-ring (bicyclic) bond motifs is 5. The van der Waals surface area contributed by atoms with Gasteiger partial charge in [-0.05, 0) is 54.7 Å². The fourth-order valence-corrected chi connectivity index (χ4v) is 5.92. The Morgan fingerprint density at radius 3 is 2.22 bits per heavy atom. The Morgan fingerprint density at radius 1 is 1.00 bits per heavy atom. The van der Waals surface area contributed by atoms with Crippen molar-refractivity contribution < 1.29 is 23.9 Å². The van der Waals surface area contributed by atoms with E-state index in [1.54, 1.807) is 12.1 Å². The van der Waals surface area contributed by atoms with E-state index in [4.69, 9.17) is 39.5 Å². The van der Waals surface area contributed by atoms with E-state index in [0.29, 0.717) is 15.8 Å². The SMILES string of the molecule is COc1ccc(Cl)cc1NC(=O)CN(C(=O)c1ccc(Cl)cc1Cl)N1C(=O)C2C3C=CC(C3)C2C1=O. The van der Waals surface area contributed by atoms with Crippen LogP contribution in [0.25, 0.3) is 0 Å². The number of rotatable bonds is 6. The van der Waals surface area contributed by atoms with Crippen molar-refractivity contribution in [1.29, 1.82) is 0 Å². The van der Waals surface area contributed by atoms with Gasteiger partial charge in [0.1, 0.15) is 12.3 Å². The molecule has 0 spiro atoms. The number of anilines is 1. The second kappa shape index (κ2) is 9.42. The zero-order chi connectivity index (χ0) is 25.7. The van der Waals surface area contributed by atoms with E-state index in [1.807, 2.05) is 12.2 Å². The summed E-state index contributed by atoms with van der Waals surface area (Å²) in [4.78, 5) is 53.6. The zero-order valence-corrected chi connectivity index (χ0v) is 21.2. The Morgan fingerprint density at radius 2 is 1.61 bits per heavy atom. The van der Waals surface area contributed by atoms with Crippen molar-refractivity contribution in [2.24, 2.45) is 23.7 Å². The second-order valence-electron chi connectivity index (χ2n) is 8.87. The first-order chi connectivity index (χ1) is 17.2. The minimum absolute atomic E-state index is 0.00652. The average Bonchev–Trinajstić information content (AvgIpc) is 3.51. The number of hydrazine groups is 1. The van der Waals surface area contributed by atoms with Gasteiger partial charge in [-0.25, -0.2) is 5.01 Å². The molecule has 186 valence electrons. The molecule has 36 heavy (non-hydrogen) atoms. The average molecular weight is 549 g/mol. The largest absolute Gasteiger partial charge is 0.495 e. The van der Waals surface area contributed by atoms with Crippen molar-refractivity contribution in [3.63, 3.8) is 0 Å². The molecule has 5 rings (SSSR count). The number of carbonyl (C=O) groups is 4. The lowest BCUT2D eigenvalue weighted by Crippen LogP contribution is -2.53. The summed E-state index contributed by atoms with van der Waals surface area (Å²) in [5.41, 5.74) is 0.262. The number of amides is 4. The summed E-state index contributed by atoms with van der Waals surface area (Å²) in [6, 6.07) is 8.87. The second-order valence-corrected chi connectivity index (χ2v) is 10.1. The lowest BCUT2D eigenvalue weighted by Gasteiger charge is -2.31. The molecule has 0 aromatic heterocycles. The number of nitrogens with zero attached hydrogens (tertiary/aromatic N) is 2. The molecule has 1 aliphatic heterocycles. The molecular weight excluding hydrogens is 529 g/mol. The number of carbonyl (C=O) groups excluding carboxylic acids is 4. The number of hydrogen-bond acceptors (Lipinski definition) is 5. The molecule has 8 nitrogen and oxygen atoms in total. The van der Waals surface area contributed by atoms with Crippen molar-refractivity contribution in [3.8, 4) is 5.75 Å². The van der Waals surface area contributed by atoms with Gasteiger partial charge in [-0.2, -0.15) is 5.01 Å². The Bertz CT molecular complexity index is 1300. The predicted molar refractivity (Wildman–Crippen MR) is 134 cm³/mol. The van der Waals surface area contributed by atoms with Crippen molar-refractivity contribution in [3.05, 3.63) is 69.2 Å². The fourth-order valence-electron chi connectivity index (χ4n) is 5.26. The highest BCUT2D eigenvalue weighted by Gasteiger charge is 2.61. The highest BCUT2D eigenvalue weighted by Crippen LogP contribution is 2.52. The van der Waals surface area contributed by atoms with Crippen LogP contribution in [0, 0.1) is 23.7 Å². The highest BCUT2D eigenvalue weighted by atomic mass is 35.5. The first-order valence-electron chi connectivity index (χ1n) is 11.2. The summed E-state index contributed by atoms with van der Waals surface area (Å²) in [7, 11) is 1.43. The molecule has 2 aromatic rings. The van der Waals surface area contributed by atoms with Crippen LogP contribution in [0.1, 0.15) is 16.8 Å². The Labute approximate surface area is 221 Å². The molecule has 1 N–H and O–H groups in total. The number of imide groups is 1. The predicted octanol–water partition coefficient (Wildman–Crippen LogP) is 4.46. The first kappa shape index (κ1) is 24.6. The van der Waals surface area contributed by atoms with Gasteiger partial charge in [0.25, 0.3) is 17.7 Å². The highest BCUT2D eigenvalue weighted by molar-refractivity contribution is 6.36. The van der Waals surface area contributed by atoms with Gasteiger partial charge < -0.3 is 10.1 Å². The molecule has 4 atom stereocenters. The number of halogens is 3. The number of hydrogen-bond donors (Lipinski definition) is 1. The number of benzene rings is 2. The summed E-state index contributed by atoms with van der Waals surface area (Å²) in [5, 5.41) is 4.98. The Kier molecular flexibility index (Phi) is 6.44. The summed E-state index contributed by atoms with van der Waals surface area (Å²) in [5.74, 6) is -3.37. The van der Waals surface area contributed by atoms with E-state index in [9.17, 15) is 19.2 Å². The fraction of sp³-hybridized carbons (Fsp3) is 0.280. The molecule has 2 fully saturated rings. The molecule has 2 aliphatic carbocycles. The van der Waals surface area contributed by atoms with Crippen LogP contribution in [0.3, 0.4) is 0 Å². The molecule has 3 aliphatic rings. The maximum absolute atomic E-state index is 13.6. The maximum atomic E-state index is 13.6. The third kappa shape index (κ3) is 4.13. The van der Waals surface area contributed by atoms with Crippen molar-refractivity contribution in [2.45, 2.75) is 6.42 Å². The van der Waals surface area contributed by atoms with Gasteiger partial charge in [0.15, 0.2) is 0 Å². The van der Waals surface area contributed by atoms with Crippen molar-refractivity contribution in [1.82, 2.24) is 10.0 Å². The summed E-state index contributed by atoms with van der Waals surface area (Å²) < 4.78 is 5.26. The van der Waals surface area contributed by atoms with Gasteiger partial charge in [0.05, 0.1) is 35.2 Å². The molecule has 2 bridgehead atoms. The van der Waals surface area contributed by atoms with E-state index in [-0.39, 0.29) is 28.1 Å². The molecule has 11 heteroatoms. The number of nitrogens with one attached hydrogen (secondary N) is 1. The third-order valence-corrected chi connectivity index (χ3v) is 7.60. The van der Waals surface area contributed by atoms with E-state index in [2.05, 4.69) is 5.32 Å². The van der Waals surface area contributed by atoms with Crippen LogP contribution < -0.4 is 10.1 Å². The lowest BCUT2D eigenvalue weighted by atomic mass is 9.85. The van der Waals surface area contributed by atoms with Crippen LogP contribution in [0.2, 0.25) is 15.1 Å². The first-order valence-corrected chi connectivity index (χ1v) is 12.3. The normalized spacial score (nSPS) is 23.7. The molecule has 1 saturated carbocycles. The van der Waals surface area contributed by atoms with Crippen LogP contribution in [0.15, 0.2) is 48.6 Å². The van der Waals surface area contributed by atoms with E-state index in [1.165, 1.54) is 31.4 Å². The van der Waals surface area contributed by atoms with E-state index in [0.717, 1.165) is 16.4 Å². The van der Waals surface area contributed by atoms with Crippen LogP contribution in [0.5, 0.6) is 5.75 Å². The third-order valence-electron chi connectivity index (χ3n) is 6.81. The quantitative estimate of drug-likeness (QED) is 0.425. The molecule has 4 unspecified atom stereocenters. The van der Waals surface area contributed by atoms with Gasteiger partial charge >= 0.3 is 0 Å². The van der Waals surface area contributed by atoms with Gasteiger partial charge in [-0.3, -0.25) is 19.2 Å².